The van der Waals surface area contributed by atoms with Gasteiger partial charge < -0.3 is 20.8 Å². The molecule has 6 heteroatoms. The standard InChI is InChI=1S/C10H18N2O4/c1-10(3-4-11-6-10)9(16)12-7(2-5-13)8(14)15/h7,11,13H,2-6H2,1H3,(H,12,16)(H,14,15)/t7-,10?/m1/s1. The lowest BCUT2D eigenvalue weighted by molar-refractivity contribution is -0.143. The van der Waals surface area contributed by atoms with Crippen LogP contribution in [0.1, 0.15) is 19.8 Å². The van der Waals surface area contributed by atoms with Gasteiger partial charge in [0.2, 0.25) is 5.91 Å². The molecule has 0 radical (unpaired) electrons. The number of aliphatic carboxylic acids is 1. The molecule has 0 bridgehead atoms. The Labute approximate surface area is 94.0 Å². The summed E-state index contributed by atoms with van der Waals surface area (Å²) in [4.78, 5) is 22.7. The molecule has 0 aromatic carbocycles. The van der Waals surface area contributed by atoms with Crippen LogP contribution in [0.3, 0.4) is 0 Å². The fourth-order valence-electron chi connectivity index (χ4n) is 1.73. The molecule has 0 spiro atoms. The molecule has 1 heterocycles. The molecular formula is C10H18N2O4. The molecule has 1 saturated heterocycles. The fourth-order valence-corrected chi connectivity index (χ4v) is 1.73. The number of hydrogen-bond donors (Lipinski definition) is 4. The van der Waals surface area contributed by atoms with Crippen molar-refractivity contribution in [2.75, 3.05) is 19.7 Å². The molecule has 1 rings (SSSR count). The number of hydrogen-bond acceptors (Lipinski definition) is 4. The molecule has 2 atom stereocenters. The number of carbonyl (C=O) groups excluding carboxylic acids is 1. The van der Waals surface area contributed by atoms with Crippen molar-refractivity contribution in [3.63, 3.8) is 0 Å². The smallest absolute Gasteiger partial charge is 0.326 e. The summed E-state index contributed by atoms with van der Waals surface area (Å²) < 4.78 is 0. The van der Waals surface area contributed by atoms with Crippen LogP contribution in [-0.4, -0.2) is 47.8 Å². The van der Waals surface area contributed by atoms with E-state index in [1.54, 1.807) is 6.92 Å². The van der Waals surface area contributed by atoms with Gasteiger partial charge in [-0.3, -0.25) is 4.79 Å². The van der Waals surface area contributed by atoms with E-state index >= 15 is 0 Å². The highest BCUT2D eigenvalue weighted by atomic mass is 16.4. The van der Waals surface area contributed by atoms with Gasteiger partial charge in [-0.2, -0.15) is 0 Å². The molecule has 0 saturated carbocycles. The van der Waals surface area contributed by atoms with Gasteiger partial charge in [0.25, 0.3) is 0 Å². The summed E-state index contributed by atoms with van der Waals surface area (Å²) in [5.41, 5.74) is -0.539. The van der Waals surface area contributed by atoms with Crippen molar-refractivity contribution in [3.8, 4) is 0 Å². The Balaban J connectivity index is 2.57. The minimum absolute atomic E-state index is 0.0323. The highest BCUT2D eigenvalue weighted by molar-refractivity contribution is 5.87. The summed E-state index contributed by atoms with van der Waals surface area (Å²) in [5.74, 6) is -1.38. The number of nitrogens with one attached hydrogen (secondary N) is 2. The third kappa shape index (κ3) is 2.93. The predicted octanol–water partition coefficient (Wildman–Crippen LogP) is -1.06. The fraction of sp³-hybridized carbons (Fsp3) is 0.800. The molecule has 4 N–H and O–H groups in total. The molecule has 16 heavy (non-hydrogen) atoms. The van der Waals surface area contributed by atoms with Gasteiger partial charge in [0, 0.05) is 19.6 Å². The lowest BCUT2D eigenvalue weighted by Crippen LogP contribution is -2.48. The third-order valence-electron chi connectivity index (χ3n) is 2.94. The first kappa shape index (κ1) is 12.9. The van der Waals surface area contributed by atoms with Crippen LogP contribution in [0.15, 0.2) is 0 Å². The Bertz CT molecular complexity index is 274. The molecule has 6 nitrogen and oxygen atoms in total. The monoisotopic (exact) mass is 230 g/mol. The Hall–Kier alpha value is -1.14. The van der Waals surface area contributed by atoms with E-state index in [-0.39, 0.29) is 18.9 Å². The Kier molecular flexibility index (Phi) is 4.26. The minimum atomic E-state index is -1.11. The van der Waals surface area contributed by atoms with Crippen molar-refractivity contribution in [3.05, 3.63) is 0 Å². The van der Waals surface area contributed by atoms with E-state index in [1.165, 1.54) is 0 Å². The molecule has 0 aromatic rings. The lowest BCUT2D eigenvalue weighted by Gasteiger charge is -2.24. The van der Waals surface area contributed by atoms with E-state index in [0.29, 0.717) is 13.0 Å². The molecule has 92 valence electrons. The quantitative estimate of drug-likeness (QED) is 0.482. The number of carboxylic acids is 1. The molecule has 1 aliphatic heterocycles. The summed E-state index contributed by atoms with van der Waals surface area (Å²) in [6, 6.07) is -1.00. The second-order valence-corrected chi connectivity index (χ2v) is 4.36. The first-order valence-electron chi connectivity index (χ1n) is 5.35. The topological polar surface area (TPSA) is 98.7 Å². The van der Waals surface area contributed by atoms with Gasteiger partial charge in [-0.1, -0.05) is 0 Å². The molecule has 1 fully saturated rings. The molecular weight excluding hydrogens is 212 g/mol. The number of rotatable bonds is 5. The van der Waals surface area contributed by atoms with Gasteiger partial charge in [0.1, 0.15) is 6.04 Å². The van der Waals surface area contributed by atoms with Crippen LogP contribution in [0.5, 0.6) is 0 Å². The second-order valence-electron chi connectivity index (χ2n) is 4.36. The van der Waals surface area contributed by atoms with Crippen LogP contribution >= 0.6 is 0 Å². The van der Waals surface area contributed by atoms with Gasteiger partial charge in [-0.25, -0.2) is 4.79 Å². The van der Waals surface area contributed by atoms with Crippen molar-refractivity contribution in [1.29, 1.82) is 0 Å². The molecule has 1 amide bonds. The first-order chi connectivity index (χ1) is 7.49. The van der Waals surface area contributed by atoms with Gasteiger partial charge in [-0.15, -0.1) is 0 Å². The first-order valence-corrected chi connectivity index (χ1v) is 5.35. The summed E-state index contributed by atoms with van der Waals surface area (Å²) >= 11 is 0. The second kappa shape index (κ2) is 5.27. The van der Waals surface area contributed by atoms with Crippen molar-refractivity contribution in [2.24, 2.45) is 5.41 Å². The maximum atomic E-state index is 11.9. The number of aliphatic hydroxyl groups is 1. The summed E-state index contributed by atoms with van der Waals surface area (Å²) in [6.07, 6.45) is 0.731. The average molecular weight is 230 g/mol. The number of aliphatic hydroxyl groups excluding tert-OH is 1. The zero-order chi connectivity index (χ0) is 12.2. The van der Waals surface area contributed by atoms with Crippen LogP contribution in [0, 0.1) is 5.41 Å². The van der Waals surface area contributed by atoms with E-state index in [1.807, 2.05) is 0 Å². The maximum absolute atomic E-state index is 11.9. The van der Waals surface area contributed by atoms with Gasteiger partial charge >= 0.3 is 5.97 Å². The zero-order valence-electron chi connectivity index (χ0n) is 9.32. The highest BCUT2D eigenvalue weighted by Gasteiger charge is 2.37. The van der Waals surface area contributed by atoms with Gasteiger partial charge in [0.05, 0.1) is 5.41 Å². The van der Waals surface area contributed by atoms with Crippen molar-refractivity contribution in [1.82, 2.24) is 10.6 Å². The number of amides is 1. The predicted molar refractivity (Wildman–Crippen MR) is 56.9 cm³/mol. The lowest BCUT2D eigenvalue weighted by atomic mass is 9.88. The SMILES string of the molecule is CC1(C(=O)N[C@H](CCO)C(=O)O)CCNC1. The Morgan fingerprint density at radius 3 is 2.69 bits per heavy atom. The molecule has 1 unspecified atom stereocenters. The van der Waals surface area contributed by atoms with E-state index in [0.717, 1.165) is 6.54 Å². The van der Waals surface area contributed by atoms with Crippen molar-refractivity contribution >= 4 is 11.9 Å². The largest absolute Gasteiger partial charge is 0.480 e. The van der Waals surface area contributed by atoms with Crippen molar-refractivity contribution in [2.45, 2.75) is 25.8 Å². The van der Waals surface area contributed by atoms with Crippen LogP contribution in [-0.2, 0) is 9.59 Å². The van der Waals surface area contributed by atoms with E-state index in [2.05, 4.69) is 10.6 Å². The summed E-state index contributed by atoms with van der Waals surface area (Å²) in [5, 5.41) is 23.1. The Morgan fingerprint density at radius 2 is 2.25 bits per heavy atom. The number of carbonyl (C=O) groups is 2. The van der Waals surface area contributed by atoms with Crippen LogP contribution < -0.4 is 10.6 Å². The minimum Gasteiger partial charge on any atom is -0.480 e. The zero-order valence-corrected chi connectivity index (χ0v) is 9.32. The van der Waals surface area contributed by atoms with E-state index in [9.17, 15) is 9.59 Å². The van der Waals surface area contributed by atoms with Crippen LogP contribution in [0.2, 0.25) is 0 Å². The van der Waals surface area contributed by atoms with Gasteiger partial charge in [-0.05, 0) is 19.9 Å². The van der Waals surface area contributed by atoms with Crippen LogP contribution in [0.4, 0.5) is 0 Å². The maximum Gasteiger partial charge on any atom is 0.326 e. The van der Waals surface area contributed by atoms with Crippen molar-refractivity contribution < 1.29 is 19.8 Å². The van der Waals surface area contributed by atoms with Gasteiger partial charge in [0.15, 0.2) is 0 Å². The van der Waals surface area contributed by atoms with E-state index in [4.69, 9.17) is 10.2 Å². The average Bonchev–Trinajstić information content (AvgIpc) is 2.65. The number of carboxylic acid groups (broad SMARTS) is 1. The molecule has 0 aliphatic carbocycles. The third-order valence-corrected chi connectivity index (χ3v) is 2.94. The van der Waals surface area contributed by atoms with Crippen LogP contribution in [0.25, 0.3) is 0 Å². The highest BCUT2D eigenvalue weighted by Crippen LogP contribution is 2.24. The summed E-state index contributed by atoms with van der Waals surface area (Å²) in [7, 11) is 0. The molecule has 1 aliphatic rings. The normalized spacial score (nSPS) is 26.4. The molecule has 0 aromatic heterocycles. The van der Waals surface area contributed by atoms with E-state index < -0.39 is 17.4 Å². The Morgan fingerprint density at radius 1 is 1.56 bits per heavy atom. The summed E-state index contributed by atoms with van der Waals surface area (Å²) in [6.45, 7) is 2.87.